The molecule has 0 aliphatic rings. The van der Waals surface area contributed by atoms with Crippen LogP contribution in [0.15, 0.2) is 60.0 Å². The molecule has 29 heavy (non-hydrogen) atoms. The highest BCUT2D eigenvalue weighted by Crippen LogP contribution is 2.34. The lowest BCUT2D eigenvalue weighted by Gasteiger charge is -2.35. The Hall–Kier alpha value is -2.06. The summed E-state index contributed by atoms with van der Waals surface area (Å²) in [5, 5.41) is 19.3. The minimum Gasteiger partial charge on any atom is -0.381 e. The fourth-order valence-electron chi connectivity index (χ4n) is 3.00. The zero-order valence-corrected chi connectivity index (χ0v) is 18.2. The van der Waals surface area contributed by atoms with E-state index in [1.165, 1.54) is 17.3 Å². The molecule has 3 rings (SSSR count). The number of thioether (sulfide) groups is 1. The molecule has 2 N–H and O–H groups in total. The minimum atomic E-state index is -1.55. The number of hydrogen-bond acceptors (Lipinski definition) is 5. The van der Waals surface area contributed by atoms with Gasteiger partial charge in [0.15, 0.2) is 0 Å². The van der Waals surface area contributed by atoms with Crippen molar-refractivity contribution in [1.82, 2.24) is 20.1 Å². The SMILES string of the molecule is CSc1ccc(C(=O)N[C@H](C)[C@](O)(Cn2cncn2)c2ccc(Cl)cc2Cl)cc1. The summed E-state index contributed by atoms with van der Waals surface area (Å²) in [5.74, 6) is -0.299. The normalized spacial score (nSPS) is 14.2. The first-order valence-electron chi connectivity index (χ1n) is 8.78. The first-order chi connectivity index (χ1) is 13.8. The standard InChI is InChI=1S/C20H20Cl2N4O2S/c1-13(25-19(27)14-3-6-16(29-2)7-4-14)20(28,10-26-12-23-11-24-26)17-8-5-15(21)9-18(17)22/h3-9,11-13,28H,10H2,1-2H3,(H,25,27)/t13-,20-/m1/s1. The first kappa shape index (κ1) is 21.6. The van der Waals surface area contributed by atoms with Crippen molar-refractivity contribution in [3.8, 4) is 0 Å². The monoisotopic (exact) mass is 450 g/mol. The van der Waals surface area contributed by atoms with Crippen molar-refractivity contribution in [1.29, 1.82) is 0 Å². The zero-order chi connectivity index (χ0) is 21.0. The summed E-state index contributed by atoms with van der Waals surface area (Å²) in [4.78, 5) is 17.7. The van der Waals surface area contributed by atoms with Crippen LogP contribution in [-0.2, 0) is 12.1 Å². The van der Waals surface area contributed by atoms with Gasteiger partial charge in [-0.05, 0) is 49.6 Å². The van der Waals surface area contributed by atoms with Crippen molar-refractivity contribution in [2.24, 2.45) is 0 Å². The highest BCUT2D eigenvalue weighted by atomic mass is 35.5. The van der Waals surface area contributed by atoms with Crippen LogP contribution in [0.3, 0.4) is 0 Å². The van der Waals surface area contributed by atoms with Crippen LogP contribution in [0.5, 0.6) is 0 Å². The summed E-state index contributed by atoms with van der Waals surface area (Å²) in [5.41, 5.74) is -0.617. The molecule has 1 heterocycles. The number of aliphatic hydroxyl groups is 1. The van der Waals surface area contributed by atoms with Crippen LogP contribution in [0, 0.1) is 0 Å². The van der Waals surface area contributed by atoms with E-state index < -0.39 is 11.6 Å². The molecule has 2 atom stereocenters. The summed E-state index contributed by atoms with van der Waals surface area (Å²) >= 11 is 14.0. The fraction of sp³-hybridized carbons (Fsp3) is 0.250. The Kier molecular flexibility index (Phi) is 6.85. The molecule has 0 radical (unpaired) electrons. The molecule has 3 aromatic rings. The lowest BCUT2D eigenvalue weighted by atomic mass is 9.86. The zero-order valence-electron chi connectivity index (χ0n) is 15.8. The van der Waals surface area contributed by atoms with Gasteiger partial charge < -0.3 is 10.4 Å². The number of carbonyl (C=O) groups excluding carboxylic acids is 1. The van der Waals surface area contributed by atoms with Crippen LogP contribution in [0.2, 0.25) is 10.0 Å². The number of carbonyl (C=O) groups is 1. The van der Waals surface area contributed by atoms with Crippen LogP contribution in [0.4, 0.5) is 0 Å². The van der Waals surface area contributed by atoms with Crippen molar-refractivity contribution < 1.29 is 9.90 Å². The smallest absolute Gasteiger partial charge is 0.251 e. The van der Waals surface area contributed by atoms with E-state index in [0.29, 0.717) is 21.2 Å². The molecule has 2 aromatic carbocycles. The second kappa shape index (κ2) is 9.17. The predicted molar refractivity (Wildman–Crippen MR) is 116 cm³/mol. The van der Waals surface area contributed by atoms with E-state index in [2.05, 4.69) is 15.4 Å². The summed E-state index contributed by atoms with van der Waals surface area (Å²) in [6.07, 6.45) is 4.84. The number of hydrogen-bond donors (Lipinski definition) is 2. The van der Waals surface area contributed by atoms with Gasteiger partial charge in [-0.15, -0.1) is 11.8 Å². The summed E-state index contributed by atoms with van der Waals surface area (Å²) in [6, 6.07) is 11.4. The van der Waals surface area contributed by atoms with Crippen LogP contribution < -0.4 is 5.32 Å². The quantitative estimate of drug-likeness (QED) is 0.531. The minimum absolute atomic E-state index is 0.0429. The van der Waals surface area contributed by atoms with Gasteiger partial charge in [-0.1, -0.05) is 29.3 Å². The highest BCUT2D eigenvalue weighted by Gasteiger charge is 2.39. The van der Waals surface area contributed by atoms with Crippen LogP contribution in [-0.4, -0.2) is 38.1 Å². The van der Waals surface area contributed by atoms with Crippen molar-refractivity contribution in [2.45, 2.75) is 30.0 Å². The Morgan fingerprint density at radius 2 is 2.00 bits per heavy atom. The Balaban J connectivity index is 1.91. The van der Waals surface area contributed by atoms with Gasteiger partial charge >= 0.3 is 0 Å². The van der Waals surface area contributed by atoms with Gasteiger partial charge in [0.25, 0.3) is 5.91 Å². The number of rotatable bonds is 7. The first-order valence-corrected chi connectivity index (χ1v) is 10.8. The number of nitrogens with one attached hydrogen (secondary N) is 1. The van der Waals surface area contributed by atoms with Gasteiger partial charge in [0, 0.05) is 26.1 Å². The molecule has 0 unspecified atom stereocenters. The number of aromatic nitrogens is 3. The summed E-state index contributed by atoms with van der Waals surface area (Å²) < 4.78 is 1.49. The van der Waals surface area contributed by atoms with Crippen LogP contribution >= 0.6 is 35.0 Å². The van der Waals surface area contributed by atoms with Gasteiger partial charge in [-0.25, -0.2) is 9.67 Å². The summed E-state index contributed by atoms with van der Waals surface area (Å²) in [7, 11) is 0. The fourth-order valence-corrected chi connectivity index (χ4v) is 3.98. The lowest BCUT2D eigenvalue weighted by Crippen LogP contribution is -2.51. The van der Waals surface area contributed by atoms with E-state index in [1.807, 2.05) is 18.4 Å². The maximum absolute atomic E-state index is 12.8. The maximum Gasteiger partial charge on any atom is 0.251 e. The summed E-state index contributed by atoms with van der Waals surface area (Å²) in [6.45, 7) is 1.76. The average Bonchev–Trinajstić information content (AvgIpc) is 3.20. The van der Waals surface area contributed by atoms with Gasteiger partial charge in [-0.2, -0.15) is 5.10 Å². The van der Waals surface area contributed by atoms with Gasteiger partial charge in [-0.3, -0.25) is 4.79 Å². The number of benzene rings is 2. The van der Waals surface area contributed by atoms with E-state index in [1.54, 1.807) is 49.0 Å². The molecule has 0 saturated carbocycles. The van der Waals surface area contributed by atoms with E-state index in [0.717, 1.165) is 4.90 Å². The Morgan fingerprint density at radius 1 is 1.28 bits per heavy atom. The Morgan fingerprint density at radius 3 is 2.59 bits per heavy atom. The third-order valence-electron chi connectivity index (χ3n) is 4.68. The van der Waals surface area contributed by atoms with Gasteiger partial charge in [0.05, 0.1) is 12.6 Å². The molecule has 0 saturated heterocycles. The van der Waals surface area contributed by atoms with Gasteiger partial charge in [0.1, 0.15) is 18.3 Å². The largest absolute Gasteiger partial charge is 0.381 e. The van der Waals surface area contributed by atoms with Crippen molar-refractivity contribution in [3.05, 3.63) is 76.3 Å². The molecular formula is C20H20Cl2N4O2S. The predicted octanol–water partition coefficient (Wildman–Crippen LogP) is 4.01. The van der Waals surface area contributed by atoms with Crippen LogP contribution in [0.1, 0.15) is 22.8 Å². The Labute approximate surface area is 183 Å². The molecule has 9 heteroatoms. The molecule has 0 fully saturated rings. The van der Waals surface area contributed by atoms with Crippen molar-refractivity contribution in [3.63, 3.8) is 0 Å². The van der Waals surface area contributed by atoms with Crippen molar-refractivity contribution >= 4 is 40.9 Å². The highest BCUT2D eigenvalue weighted by molar-refractivity contribution is 7.98. The van der Waals surface area contributed by atoms with Crippen molar-refractivity contribution in [2.75, 3.05) is 6.26 Å². The molecular weight excluding hydrogens is 431 g/mol. The van der Waals surface area contributed by atoms with Gasteiger partial charge in [0.2, 0.25) is 0 Å². The molecule has 0 aliphatic carbocycles. The second-order valence-corrected chi connectivity index (χ2v) is 8.29. The van der Waals surface area contributed by atoms with E-state index in [4.69, 9.17) is 23.2 Å². The topological polar surface area (TPSA) is 80.0 Å². The number of halogens is 2. The molecule has 0 spiro atoms. The molecule has 6 nitrogen and oxygen atoms in total. The third-order valence-corrected chi connectivity index (χ3v) is 5.97. The number of amides is 1. The van der Waals surface area contributed by atoms with E-state index in [-0.39, 0.29) is 12.5 Å². The average molecular weight is 451 g/mol. The molecule has 1 amide bonds. The van der Waals surface area contributed by atoms with E-state index in [9.17, 15) is 9.90 Å². The molecule has 152 valence electrons. The number of nitrogens with zero attached hydrogens (tertiary/aromatic N) is 3. The molecule has 0 bridgehead atoms. The third kappa shape index (κ3) is 4.93. The molecule has 0 aliphatic heterocycles. The second-order valence-electron chi connectivity index (χ2n) is 6.57. The van der Waals surface area contributed by atoms with E-state index >= 15 is 0 Å². The maximum atomic E-state index is 12.8. The molecule has 1 aromatic heterocycles. The lowest BCUT2D eigenvalue weighted by molar-refractivity contribution is -0.0155. The Bertz CT molecular complexity index is 983. The van der Waals surface area contributed by atoms with Crippen LogP contribution in [0.25, 0.3) is 0 Å².